The third kappa shape index (κ3) is 14.8. The van der Waals surface area contributed by atoms with Gasteiger partial charge >= 0.3 is 0 Å². The zero-order valence-corrected chi connectivity index (χ0v) is 11.6. The van der Waals surface area contributed by atoms with Gasteiger partial charge in [-0.25, -0.2) is 0 Å². The molecule has 0 unspecified atom stereocenters. The summed E-state index contributed by atoms with van der Waals surface area (Å²) in [7, 11) is 0. The van der Waals surface area contributed by atoms with Gasteiger partial charge in [-0.1, -0.05) is 76.2 Å². The summed E-state index contributed by atoms with van der Waals surface area (Å²) in [6.07, 6.45) is 20.6. The summed E-state index contributed by atoms with van der Waals surface area (Å²) in [5, 5.41) is 16.9. The van der Waals surface area contributed by atoms with Crippen molar-refractivity contribution in [3.8, 4) is 0 Å². The smallest absolute Gasteiger partial charge is 0.274 e. The molecule has 104 valence electrons. The van der Waals surface area contributed by atoms with Gasteiger partial charge in [-0.15, -0.1) is 0 Å². The highest BCUT2D eigenvalue weighted by molar-refractivity contribution is 5.10. The van der Waals surface area contributed by atoms with E-state index >= 15 is 0 Å². The lowest BCUT2D eigenvalue weighted by molar-refractivity contribution is 0.191. The molecular weight excluding hydrogens is 224 g/mol. The molecule has 0 saturated heterocycles. The van der Waals surface area contributed by atoms with E-state index in [1.54, 1.807) is 12.2 Å². The number of rotatable bonds is 11. The summed E-state index contributed by atoms with van der Waals surface area (Å²) in [6, 6.07) is 0. The van der Waals surface area contributed by atoms with Gasteiger partial charge in [0.25, 0.3) is 5.95 Å². The molecule has 2 nitrogen and oxygen atoms in total. The molecule has 2 N–H and O–H groups in total. The number of unbranched alkanes of at least 4 members (excludes halogenated alkanes) is 8. The Kier molecular flexibility index (Phi) is 13.0. The Morgan fingerprint density at radius 3 is 2.00 bits per heavy atom. The number of aliphatic hydroxyl groups is 2. The predicted molar refractivity (Wildman–Crippen MR) is 78.8 cm³/mol. The van der Waals surface area contributed by atoms with Crippen molar-refractivity contribution < 1.29 is 10.2 Å². The summed E-state index contributed by atoms with van der Waals surface area (Å²) in [4.78, 5) is 0. The van der Waals surface area contributed by atoms with Crippen molar-refractivity contribution in [2.75, 3.05) is 0 Å². The Morgan fingerprint density at radius 2 is 1.39 bits per heavy atom. The molecule has 0 bridgehead atoms. The summed E-state index contributed by atoms with van der Waals surface area (Å²) >= 11 is 0. The lowest BCUT2D eigenvalue weighted by Gasteiger charge is -1.99. The Balaban J connectivity index is 3.22. The highest BCUT2D eigenvalue weighted by Crippen LogP contribution is 2.09. The van der Waals surface area contributed by atoms with E-state index in [2.05, 4.69) is 13.0 Å². The lowest BCUT2D eigenvalue weighted by Crippen LogP contribution is -1.79. The molecule has 0 aromatic heterocycles. The maximum absolute atomic E-state index is 8.47. The van der Waals surface area contributed by atoms with Gasteiger partial charge in [0.15, 0.2) is 0 Å². The van der Waals surface area contributed by atoms with E-state index in [1.165, 1.54) is 57.4 Å². The molecule has 0 spiro atoms. The van der Waals surface area contributed by atoms with E-state index in [4.69, 9.17) is 10.2 Å². The number of hydrogen-bond donors (Lipinski definition) is 2. The predicted octanol–water partition coefficient (Wildman–Crippen LogP) is 5.59. The monoisotopic (exact) mass is 252 g/mol. The van der Waals surface area contributed by atoms with Crippen molar-refractivity contribution in [3.05, 3.63) is 36.3 Å². The number of allylic oxidation sites excluding steroid dienone is 5. The van der Waals surface area contributed by atoms with Crippen molar-refractivity contribution in [2.45, 2.75) is 64.7 Å². The zero-order valence-electron chi connectivity index (χ0n) is 11.6. The molecule has 0 rings (SSSR count). The average Bonchev–Trinajstić information content (AvgIpc) is 2.34. The van der Waals surface area contributed by atoms with Crippen LogP contribution in [0.1, 0.15) is 64.7 Å². The van der Waals surface area contributed by atoms with Gasteiger partial charge in [-0.2, -0.15) is 0 Å². The summed E-state index contributed by atoms with van der Waals surface area (Å²) < 4.78 is 0. The zero-order chi connectivity index (χ0) is 13.5. The van der Waals surface area contributed by atoms with Crippen LogP contribution in [-0.4, -0.2) is 10.2 Å². The van der Waals surface area contributed by atoms with Crippen molar-refractivity contribution in [2.24, 2.45) is 0 Å². The van der Waals surface area contributed by atoms with Gasteiger partial charge in [-0.3, -0.25) is 0 Å². The van der Waals surface area contributed by atoms with Crippen LogP contribution in [0, 0.1) is 0 Å². The molecule has 0 amide bonds. The van der Waals surface area contributed by atoms with Crippen LogP contribution in [0.3, 0.4) is 0 Å². The molecule has 0 radical (unpaired) electrons. The fraction of sp³-hybridized carbons (Fsp3) is 0.625. The standard InChI is InChI=1S/C16H28O2/c1-2-3-4-5-6-7-8-9-10-11-12-13-14-15-16(17)18/h11-15,17-18H,2-10H2,1H3. The third-order valence-electron chi connectivity index (χ3n) is 2.83. The molecule has 0 saturated carbocycles. The second kappa shape index (κ2) is 13.9. The lowest BCUT2D eigenvalue weighted by atomic mass is 10.1. The summed E-state index contributed by atoms with van der Waals surface area (Å²) in [6.45, 7) is 2.25. The Morgan fingerprint density at radius 1 is 0.778 bits per heavy atom. The average molecular weight is 252 g/mol. The fourth-order valence-electron chi connectivity index (χ4n) is 1.78. The van der Waals surface area contributed by atoms with E-state index in [9.17, 15) is 0 Å². The third-order valence-corrected chi connectivity index (χ3v) is 2.83. The van der Waals surface area contributed by atoms with Crippen LogP contribution in [0.25, 0.3) is 0 Å². The Bertz CT molecular complexity index is 248. The first-order chi connectivity index (χ1) is 8.77. The van der Waals surface area contributed by atoms with Crippen molar-refractivity contribution in [3.63, 3.8) is 0 Å². The van der Waals surface area contributed by atoms with Crippen LogP contribution in [0.15, 0.2) is 36.3 Å². The van der Waals surface area contributed by atoms with Crippen LogP contribution in [0.2, 0.25) is 0 Å². The molecule has 18 heavy (non-hydrogen) atoms. The minimum absolute atomic E-state index is 0.650. The molecule has 0 heterocycles. The number of aliphatic hydroxyl groups excluding tert-OH is 1. The fourth-order valence-corrected chi connectivity index (χ4v) is 1.78. The summed E-state index contributed by atoms with van der Waals surface area (Å²) in [5.74, 6) is -0.650. The summed E-state index contributed by atoms with van der Waals surface area (Å²) in [5.41, 5.74) is 0. The van der Waals surface area contributed by atoms with Crippen LogP contribution >= 0.6 is 0 Å². The van der Waals surface area contributed by atoms with E-state index in [0.717, 1.165) is 6.42 Å². The molecule has 0 atom stereocenters. The maximum Gasteiger partial charge on any atom is 0.274 e. The molecule has 2 heteroatoms. The first-order valence-corrected chi connectivity index (χ1v) is 7.18. The van der Waals surface area contributed by atoms with Gasteiger partial charge in [-0.05, 0) is 12.8 Å². The topological polar surface area (TPSA) is 40.5 Å². The minimum atomic E-state index is -0.650. The van der Waals surface area contributed by atoms with Crippen LogP contribution < -0.4 is 0 Å². The van der Waals surface area contributed by atoms with E-state index in [-0.39, 0.29) is 0 Å². The molecule has 0 aliphatic heterocycles. The van der Waals surface area contributed by atoms with Crippen molar-refractivity contribution in [1.82, 2.24) is 0 Å². The van der Waals surface area contributed by atoms with Crippen LogP contribution in [-0.2, 0) is 0 Å². The second-order valence-corrected chi connectivity index (χ2v) is 4.60. The number of hydrogen-bond acceptors (Lipinski definition) is 2. The van der Waals surface area contributed by atoms with Gasteiger partial charge in [0.2, 0.25) is 0 Å². The first kappa shape index (κ1) is 16.8. The van der Waals surface area contributed by atoms with Gasteiger partial charge in [0, 0.05) is 6.08 Å². The molecule has 0 aromatic rings. The normalized spacial score (nSPS) is 11.4. The molecule has 0 aliphatic carbocycles. The quantitative estimate of drug-likeness (QED) is 0.286. The molecule has 0 aromatic carbocycles. The largest absolute Gasteiger partial charge is 0.481 e. The minimum Gasteiger partial charge on any atom is -0.481 e. The molecular formula is C16H28O2. The second-order valence-electron chi connectivity index (χ2n) is 4.60. The van der Waals surface area contributed by atoms with E-state index in [0.29, 0.717) is 0 Å². The highest BCUT2D eigenvalue weighted by Gasteiger charge is 1.89. The maximum atomic E-state index is 8.47. The van der Waals surface area contributed by atoms with Gasteiger partial charge in [0.05, 0.1) is 0 Å². The highest BCUT2D eigenvalue weighted by atomic mass is 16.5. The van der Waals surface area contributed by atoms with E-state index in [1.807, 2.05) is 6.08 Å². The van der Waals surface area contributed by atoms with Gasteiger partial charge in [0.1, 0.15) is 0 Å². The molecule has 0 fully saturated rings. The van der Waals surface area contributed by atoms with Gasteiger partial charge < -0.3 is 10.2 Å². The SMILES string of the molecule is CCCCCCCCCCC=CC=CC=C(O)O. The molecule has 0 aliphatic rings. The Hall–Kier alpha value is -1.18. The van der Waals surface area contributed by atoms with Crippen LogP contribution in [0.5, 0.6) is 0 Å². The van der Waals surface area contributed by atoms with E-state index < -0.39 is 5.95 Å². The van der Waals surface area contributed by atoms with Crippen molar-refractivity contribution in [1.29, 1.82) is 0 Å². The van der Waals surface area contributed by atoms with Crippen molar-refractivity contribution >= 4 is 0 Å². The Labute approximate surface area is 112 Å². The van der Waals surface area contributed by atoms with Crippen LogP contribution in [0.4, 0.5) is 0 Å². The first-order valence-electron chi connectivity index (χ1n) is 7.18.